The summed E-state index contributed by atoms with van der Waals surface area (Å²) in [6.45, 7) is 6.25. The molecule has 1 heterocycles. The van der Waals surface area contributed by atoms with Crippen LogP contribution in [0.5, 0.6) is 17.2 Å². The summed E-state index contributed by atoms with van der Waals surface area (Å²) in [7, 11) is 1.54. The standard InChI is InChI=1S/C23H22ClN3O5S/c1-4-10-32-18-8-6-14(11-19(18)31-5-2)12-20(22(28)29)33-23-25-21(26-27-23)16-13-15(24)7-9-17(16)30-3/h4,6-9,11-13H,1,5,10H2,2-3H3,(H,28,29)(H,25,26,27)/b20-12-. The molecule has 0 saturated heterocycles. The molecule has 3 aromatic rings. The van der Waals surface area contributed by atoms with Crippen LogP contribution in [0.15, 0.2) is 59.1 Å². The molecule has 0 aliphatic carbocycles. The number of carboxylic acid groups (broad SMARTS) is 1. The molecule has 0 atom stereocenters. The number of hydrogen-bond acceptors (Lipinski definition) is 7. The summed E-state index contributed by atoms with van der Waals surface area (Å²) < 4.78 is 16.5. The Labute approximate surface area is 200 Å². The van der Waals surface area contributed by atoms with Crippen LogP contribution in [0.3, 0.4) is 0 Å². The molecule has 8 nitrogen and oxygen atoms in total. The van der Waals surface area contributed by atoms with Crippen molar-refractivity contribution in [1.82, 2.24) is 15.2 Å². The molecule has 33 heavy (non-hydrogen) atoms. The number of aromatic amines is 1. The number of carboxylic acids is 1. The molecule has 0 aliphatic heterocycles. The monoisotopic (exact) mass is 487 g/mol. The average molecular weight is 488 g/mol. The third kappa shape index (κ3) is 6.30. The van der Waals surface area contributed by atoms with Crippen molar-refractivity contribution < 1.29 is 24.1 Å². The summed E-state index contributed by atoms with van der Waals surface area (Å²) >= 11 is 7.00. The molecule has 1 aromatic heterocycles. The number of H-pyrrole nitrogens is 1. The van der Waals surface area contributed by atoms with Crippen molar-refractivity contribution in [3.63, 3.8) is 0 Å². The molecule has 0 spiro atoms. The Morgan fingerprint density at radius 3 is 2.70 bits per heavy atom. The number of halogens is 1. The molecule has 2 N–H and O–H groups in total. The first-order chi connectivity index (χ1) is 15.9. The number of hydrogen-bond donors (Lipinski definition) is 2. The van der Waals surface area contributed by atoms with E-state index < -0.39 is 5.97 Å². The van der Waals surface area contributed by atoms with Gasteiger partial charge in [0, 0.05) is 5.02 Å². The zero-order valence-corrected chi connectivity index (χ0v) is 19.6. The largest absolute Gasteiger partial charge is 0.496 e. The highest BCUT2D eigenvalue weighted by Gasteiger charge is 2.17. The maximum Gasteiger partial charge on any atom is 0.342 e. The molecule has 10 heteroatoms. The Morgan fingerprint density at radius 2 is 2.00 bits per heavy atom. The van der Waals surface area contributed by atoms with Gasteiger partial charge in [0.1, 0.15) is 17.3 Å². The van der Waals surface area contributed by atoms with Crippen LogP contribution >= 0.6 is 23.4 Å². The molecular weight excluding hydrogens is 466 g/mol. The molecule has 0 aliphatic rings. The number of rotatable bonds is 11. The number of thioether (sulfide) groups is 1. The average Bonchev–Trinajstić information content (AvgIpc) is 3.26. The molecule has 0 saturated carbocycles. The quantitative estimate of drug-likeness (QED) is 0.213. The van der Waals surface area contributed by atoms with Crippen LogP contribution in [-0.4, -0.2) is 46.6 Å². The van der Waals surface area contributed by atoms with Crippen molar-refractivity contribution in [1.29, 1.82) is 0 Å². The van der Waals surface area contributed by atoms with Gasteiger partial charge in [0.05, 0.1) is 19.3 Å². The molecule has 0 fully saturated rings. The Hall–Kier alpha value is -3.43. The summed E-state index contributed by atoms with van der Waals surface area (Å²) in [6.07, 6.45) is 3.15. The zero-order chi connectivity index (χ0) is 23.8. The molecule has 0 unspecified atom stereocenters. The normalized spacial score (nSPS) is 11.2. The lowest BCUT2D eigenvalue weighted by atomic mass is 10.2. The number of methoxy groups -OCH3 is 1. The van der Waals surface area contributed by atoms with Gasteiger partial charge >= 0.3 is 5.97 Å². The highest BCUT2D eigenvalue weighted by Crippen LogP contribution is 2.34. The summed E-state index contributed by atoms with van der Waals surface area (Å²) in [5.41, 5.74) is 1.24. The van der Waals surface area contributed by atoms with E-state index in [1.807, 2.05) is 6.92 Å². The van der Waals surface area contributed by atoms with Crippen molar-refractivity contribution in [3.8, 4) is 28.6 Å². The van der Waals surface area contributed by atoms with Crippen LogP contribution in [0.4, 0.5) is 0 Å². The number of nitrogens with one attached hydrogen (secondary N) is 1. The SMILES string of the molecule is C=CCOc1ccc(/C=C(\Sc2n[nH]c(-c3cc(Cl)ccc3OC)n2)C(=O)O)cc1OCC. The van der Waals surface area contributed by atoms with E-state index in [0.717, 1.165) is 11.8 Å². The van der Waals surface area contributed by atoms with Crippen LogP contribution in [0.2, 0.25) is 5.02 Å². The molecule has 0 amide bonds. The predicted molar refractivity (Wildman–Crippen MR) is 128 cm³/mol. The minimum atomic E-state index is -1.11. The number of nitrogens with zero attached hydrogens (tertiary/aromatic N) is 2. The van der Waals surface area contributed by atoms with Crippen LogP contribution in [-0.2, 0) is 4.79 Å². The number of aliphatic carboxylic acids is 1. The Morgan fingerprint density at radius 1 is 1.21 bits per heavy atom. The van der Waals surface area contributed by atoms with Crippen LogP contribution in [0.25, 0.3) is 17.5 Å². The minimum Gasteiger partial charge on any atom is -0.496 e. The van der Waals surface area contributed by atoms with Gasteiger partial charge in [-0.05, 0) is 60.7 Å². The highest BCUT2D eigenvalue weighted by atomic mass is 35.5. The van der Waals surface area contributed by atoms with Gasteiger partial charge in [-0.3, -0.25) is 5.10 Å². The highest BCUT2D eigenvalue weighted by molar-refractivity contribution is 8.04. The van der Waals surface area contributed by atoms with E-state index in [4.69, 9.17) is 25.8 Å². The fourth-order valence-corrected chi connectivity index (χ4v) is 3.69. The predicted octanol–water partition coefficient (Wildman–Crippen LogP) is 5.32. The smallest absolute Gasteiger partial charge is 0.342 e. The number of benzene rings is 2. The summed E-state index contributed by atoms with van der Waals surface area (Å²) in [5.74, 6) is 0.910. The lowest BCUT2D eigenvalue weighted by Gasteiger charge is -2.11. The van der Waals surface area contributed by atoms with E-state index in [1.54, 1.807) is 42.5 Å². The van der Waals surface area contributed by atoms with Crippen molar-refractivity contribution in [3.05, 3.63) is 64.5 Å². The van der Waals surface area contributed by atoms with Gasteiger partial charge in [-0.1, -0.05) is 30.3 Å². The first-order valence-corrected chi connectivity index (χ1v) is 11.0. The fourth-order valence-electron chi connectivity index (χ4n) is 2.81. The Bertz CT molecular complexity index is 1180. The van der Waals surface area contributed by atoms with Crippen molar-refractivity contribution in [2.24, 2.45) is 0 Å². The van der Waals surface area contributed by atoms with Crippen molar-refractivity contribution in [2.75, 3.05) is 20.3 Å². The first-order valence-electron chi connectivity index (χ1n) is 9.84. The van der Waals surface area contributed by atoms with Crippen LogP contribution in [0.1, 0.15) is 12.5 Å². The number of ether oxygens (including phenoxy) is 3. The molecule has 2 aromatic carbocycles. The van der Waals surface area contributed by atoms with Crippen LogP contribution in [0, 0.1) is 0 Å². The minimum absolute atomic E-state index is 0.0285. The summed E-state index contributed by atoms with van der Waals surface area (Å²) in [6, 6.07) is 10.3. The van der Waals surface area contributed by atoms with E-state index in [9.17, 15) is 9.90 Å². The number of carbonyl (C=O) groups is 1. The van der Waals surface area contributed by atoms with Gasteiger partial charge in [0.25, 0.3) is 0 Å². The Balaban J connectivity index is 1.88. The maximum absolute atomic E-state index is 11.9. The zero-order valence-electron chi connectivity index (χ0n) is 18.0. The van der Waals surface area contributed by atoms with E-state index in [0.29, 0.717) is 52.4 Å². The molecular formula is C23H22ClN3O5S. The van der Waals surface area contributed by atoms with Crippen molar-refractivity contribution >= 4 is 35.4 Å². The fraction of sp³-hybridized carbons (Fsp3) is 0.174. The molecule has 0 radical (unpaired) electrons. The van der Waals surface area contributed by atoms with E-state index >= 15 is 0 Å². The molecule has 0 bridgehead atoms. The van der Waals surface area contributed by atoms with Crippen LogP contribution < -0.4 is 14.2 Å². The van der Waals surface area contributed by atoms with Gasteiger partial charge in [0.15, 0.2) is 17.3 Å². The maximum atomic E-state index is 11.9. The third-order valence-electron chi connectivity index (χ3n) is 4.22. The summed E-state index contributed by atoms with van der Waals surface area (Å²) in [5, 5.41) is 17.4. The van der Waals surface area contributed by atoms with Crippen molar-refractivity contribution in [2.45, 2.75) is 12.1 Å². The van der Waals surface area contributed by atoms with Gasteiger partial charge < -0.3 is 19.3 Å². The topological polar surface area (TPSA) is 107 Å². The third-order valence-corrected chi connectivity index (χ3v) is 5.33. The van der Waals surface area contributed by atoms with E-state index in [-0.39, 0.29) is 10.1 Å². The second-order valence-electron chi connectivity index (χ2n) is 6.47. The second kappa shape index (κ2) is 11.4. The second-order valence-corrected chi connectivity index (χ2v) is 7.91. The number of aromatic nitrogens is 3. The lowest BCUT2D eigenvalue weighted by Crippen LogP contribution is -2.00. The molecule has 172 valence electrons. The van der Waals surface area contributed by atoms with Gasteiger partial charge in [0.2, 0.25) is 5.16 Å². The van der Waals surface area contributed by atoms with E-state index in [1.165, 1.54) is 13.2 Å². The molecule has 3 rings (SSSR count). The summed E-state index contributed by atoms with van der Waals surface area (Å²) in [4.78, 5) is 16.3. The van der Waals surface area contributed by atoms with Gasteiger partial charge in [-0.25, -0.2) is 9.78 Å². The first kappa shape index (κ1) is 24.2. The van der Waals surface area contributed by atoms with Gasteiger partial charge in [-0.2, -0.15) is 0 Å². The van der Waals surface area contributed by atoms with E-state index in [2.05, 4.69) is 21.8 Å². The lowest BCUT2D eigenvalue weighted by molar-refractivity contribution is -0.131. The van der Waals surface area contributed by atoms with Gasteiger partial charge in [-0.15, -0.1) is 5.10 Å². The Kier molecular flexibility index (Phi) is 8.39.